The number of hydrogen-bond donors (Lipinski definition) is 0. The average Bonchev–Trinajstić information content (AvgIpc) is 3.22. The minimum Gasteiger partial charge on any atom is -0.441 e. The van der Waals surface area contributed by atoms with E-state index in [-0.39, 0.29) is 23.5 Å². The fraction of sp³-hybridized carbons (Fsp3) is 0.889. The molecule has 0 bridgehead atoms. The second-order valence-corrected chi connectivity index (χ2v) is 7.50. The molecular weight excluding hydrogens is 308 g/mol. The van der Waals surface area contributed by atoms with Gasteiger partial charge in [-0.25, -0.2) is 4.79 Å². The van der Waals surface area contributed by atoms with E-state index >= 15 is 0 Å². The highest BCUT2D eigenvalue weighted by Crippen LogP contribution is 2.34. The number of ether oxygens (including phenoxy) is 2. The SMILES string of the molecule is CCC(CC)CN1CC2(CCN(C(=O)[C@@H]3CCOC3)CC2)OC1=O. The highest BCUT2D eigenvalue weighted by Gasteiger charge is 2.48. The van der Waals surface area contributed by atoms with Crippen molar-refractivity contribution in [1.82, 2.24) is 9.80 Å². The van der Waals surface area contributed by atoms with Crippen molar-refractivity contribution in [3.8, 4) is 0 Å². The smallest absolute Gasteiger partial charge is 0.410 e. The van der Waals surface area contributed by atoms with Crippen LogP contribution in [0.2, 0.25) is 0 Å². The number of amides is 2. The van der Waals surface area contributed by atoms with Crippen LogP contribution in [-0.2, 0) is 14.3 Å². The lowest BCUT2D eigenvalue weighted by molar-refractivity contribution is -0.138. The zero-order valence-corrected chi connectivity index (χ0v) is 15.0. The zero-order valence-electron chi connectivity index (χ0n) is 15.0. The van der Waals surface area contributed by atoms with E-state index in [1.165, 1.54) is 0 Å². The molecule has 0 radical (unpaired) electrons. The first kappa shape index (κ1) is 17.5. The van der Waals surface area contributed by atoms with Crippen LogP contribution >= 0.6 is 0 Å². The maximum absolute atomic E-state index is 12.5. The van der Waals surface area contributed by atoms with Gasteiger partial charge in [-0.2, -0.15) is 0 Å². The molecule has 0 aliphatic carbocycles. The van der Waals surface area contributed by atoms with Crippen LogP contribution in [0.1, 0.15) is 46.0 Å². The van der Waals surface area contributed by atoms with Gasteiger partial charge < -0.3 is 19.3 Å². The number of piperidine rings is 1. The second kappa shape index (κ2) is 7.30. The van der Waals surface area contributed by atoms with Gasteiger partial charge in [0.1, 0.15) is 5.60 Å². The largest absolute Gasteiger partial charge is 0.441 e. The number of rotatable bonds is 5. The van der Waals surface area contributed by atoms with E-state index in [0.29, 0.717) is 38.8 Å². The molecule has 0 saturated carbocycles. The molecule has 0 aromatic carbocycles. The molecule has 0 N–H and O–H groups in total. The van der Waals surface area contributed by atoms with Crippen LogP contribution in [-0.4, -0.2) is 66.8 Å². The van der Waals surface area contributed by atoms with Crippen LogP contribution in [0.15, 0.2) is 0 Å². The Morgan fingerprint density at radius 1 is 1.29 bits per heavy atom. The molecular formula is C18H30N2O4. The Balaban J connectivity index is 1.53. The second-order valence-electron chi connectivity index (χ2n) is 7.50. The predicted octanol–water partition coefficient (Wildman–Crippen LogP) is 2.27. The zero-order chi connectivity index (χ0) is 17.2. The summed E-state index contributed by atoms with van der Waals surface area (Å²) in [5, 5.41) is 0. The number of likely N-dealkylation sites (tertiary alicyclic amines) is 1. The van der Waals surface area contributed by atoms with E-state index in [1.807, 2.05) is 9.80 Å². The molecule has 1 atom stereocenters. The van der Waals surface area contributed by atoms with Gasteiger partial charge in [0, 0.05) is 39.1 Å². The first-order valence-electron chi connectivity index (χ1n) is 9.41. The molecule has 3 aliphatic heterocycles. The van der Waals surface area contributed by atoms with Crippen LogP contribution in [0.5, 0.6) is 0 Å². The van der Waals surface area contributed by atoms with Crippen LogP contribution in [0, 0.1) is 11.8 Å². The van der Waals surface area contributed by atoms with Crippen molar-refractivity contribution in [2.45, 2.75) is 51.6 Å². The van der Waals surface area contributed by atoms with Gasteiger partial charge >= 0.3 is 6.09 Å². The fourth-order valence-electron chi connectivity index (χ4n) is 4.07. The Bertz CT molecular complexity index is 464. The molecule has 6 nitrogen and oxygen atoms in total. The summed E-state index contributed by atoms with van der Waals surface area (Å²) in [7, 11) is 0. The van der Waals surface area contributed by atoms with Crippen LogP contribution in [0.4, 0.5) is 4.79 Å². The molecule has 0 aromatic rings. The predicted molar refractivity (Wildman–Crippen MR) is 89.6 cm³/mol. The van der Waals surface area contributed by atoms with Crippen LogP contribution in [0.3, 0.4) is 0 Å². The van der Waals surface area contributed by atoms with Crippen molar-refractivity contribution in [2.24, 2.45) is 11.8 Å². The number of carbonyl (C=O) groups is 2. The van der Waals surface area contributed by atoms with Crippen molar-refractivity contribution >= 4 is 12.0 Å². The lowest BCUT2D eigenvalue weighted by Crippen LogP contribution is -2.50. The Morgan fingerprint density at radius 3 is 2.58 bits per heavy atom. The van der Waals surface area contributed by atoms with Gasteiger partial charge in [-0.3, -0.25) is 4.79 Å². The maximum atomic E-state index is 12.5. The molecule has 3 saturated heterocycles. The monoisotopic (exact) mass is 338 g/mol. The molecule has 2 amide bonds. The molecule has 136 valence electrons. The number of nitrogens with zero attached hydrogens (tertiary/aromatic N) is 2. The summed E-state index contributed by atoms with van der Waals surface area (Å²) >= 11 is 0. The minimum absolute atomic E-state index is 0.0246. The molecule has 3 heterocycles. The van der Waals surface area contributed by atoms with E-state index in [0.717, 1.165) is 38.6 Å². The summed E-state index contributed by atoms with van der Waals surface area (Å²) in [5.41, 5.74) is -0.383. The topological polar surface area (TPSA) is 59.1 Å². The summed E-state index contributed by atoms with van der Waals surface area (Å²) in [4.78, 5) is 28.5. The molecule has 1 spiro atoms. The molecule has 3 rings (SSSR count). The normalized spacial score (nSPS) is 26.5. The van der Waals surface area contributed by atoms with E-state index in [9.17, 15) is 9.59 Å². The summed E-state index contributed by atoms with van der Waals surface area (Å²) < 4.78 is 11.1. The lowest BCUT2D eigenvalue weighted by atomic mass is 9.90. The number of hydrogen-bond acceptors (Lipinski definition) is 4. The average molecular weight is 338 g/mol. The Hall–Kier alpha value is -1.30. The Labute approximate surface area is 144 Å². The van der Waals surface area contributed by atoms with Gasteiger partial charge in [-0.05, 0) is 12.3 Å². The van der Waals surface area contributed by atoms with Crippen molar-refractivity contribution in [3.63, 3.8) is 0 Å². The van der Waals surface area contributed by atoms with E-state index in [4.69, 9.17) is 9.47 Å². The summed E-state index contributed by atoms with van der Waals surface area (Å²) in [6.07, 6.45) is 4.32. The van der Waals surface area contributed by atoms with Gasteiger partial charge in [-0.1, -0.05) is 26.7 Å². The molecule has 0 unspecified atom stereocenters. The Kier molecular flexibility index (Phi) is 5.33. The molecule has 6 heteroatoms. The van der Waals surface area contributed by atoms with Crippen molar-refractivity contribution in [2.75, 3.05) is 39.4 Å². The van der Waals surface area contributed by atoms with E-state index in [1.54, 1.807) is 0 Å². The standard InChI is InChI=1S/C18H30N2O4/c1-3-14(4-2)11-20-13-18(24-17(20)22)6-8-19(9-7-18)16(21)15-5-10-23-12-15/h14-15H,3-13H2,1-2H3/t15-/m1/s1. The van der Waals surface area contributed by atoms with Crippen LogP contribution < -0.4 is 0 Å². The van der Waals surface area contributed by atoms with Crippen molar-refractivity contribution in [3.05, 3.63) is 0 Å². The molecule has 3 aliphatic rings. The summed E-state index contributed by atoms with van der Waals surface area (Å²) in [5.74, 6) is 0.772. The Morgan fingerprint density at radius 2 is 2.00 bits per heavy atom. The third-order valence-corrected chi connectivity index (χ3v) is 5.94. The van der Waals surface area contributed by atoms with Gasteiger partial charge in [0.15, 0.2) is 0 Å². The molecule has 3 fully saturated rings. The summed E-state index contributed by atoms with van der Waals surface area (Å²) in [6.45, 7) is 8.41. The first-order valence-corrected chi connectivity index (χ1v) is 9.41. The third-order valence-electron chi connectivity index (χ3n) is 5.94. The van der Waals surface area contributed by atoms with E-state index in [2.05, 4.69) is 13.8 Å². The number of carbonyl (C=O) groups excluding carboxylic acids is 2. The van der Waals surface area contributed by atoms with Crippen molar-refractivity contribution in [1.29, 1.82) is 0 Å². The maximum Gasteiger partial charge on any atom is 0.410 e. The molecule has 24 heavy (non-hydrogen) atoms. The van der Waals surface area contributed by atoms with E-state index < -0.39 is 0 Å². The van der Waals surface area contributed by atoms with Crippen molar-refractivity contribution < 1.29 is 19.1 Å². The quantitative estimate of drug-likeness (QED) is 0.772. The highest BCUT2D eigenvalue weighted by atomic mass is 16.6. The summed E-state index contributed by atoms with van der Waals surface area (Å²) in [6, 6.07) is 0. The lowest BCUT2D eigenvalue weighted by Gasteiger charge is -2.38. The molecule has 0 aromatic heterocycles. The highest BCUT2D eigenvalue weighted by molar-refractivity contribution is 5.79. The minimum atomic E-state index is -0.383. The van der Waals surface area contributed by atoms with Gasteiger partial charge in [0.25, 0.3) is 0 Å². The van der Waals surface area contributed by atoms with Gasteiger partial charge in [0.2, 0.25) is 5.91 Å². The fourth-order valence-corrected chi connectivity index (χ4v) is 4.07. The van der Waals surface area contributed by atoms with Crippen LogP contribution in [0.25, 0.3) is 0 Å². The first-order chi connectivity index (χ1) is 11.6. The van der Waals surface area contributed by atoms with Gasteiger partial charge in [0.05, 0.1) is 19.1 Å². The third kappa shape index (κ3) is 3.53. The van der Waals surface area contributed by atoms with Gasteiger partial charge in [-0.15, -0.1) is 0 Å².